The molecule has 0 aliphatic carbocycles. The number of aryl methyl sites for hydroxylation is 2. The fourth-order valence-corrected chi connectivity index (χ4v) is 3.35. The largest absolute Gasteiger partial charge is 0.382 e. The number of nitrogens with zero attached hydrogens (tertiary/aromatic N) is 4. The molecule has 0 unspecified atom stereocenters. The molecule has 4 aromatic rings. The van der Waals surface area contributed by atoms with Crippen LogP contribution in [0.15, 0.2) is 53.1 Å². The van der Waals surface area contributed by atoms with Gasteiger partial charge in [0.25, 0.3) is 0 Å². The first-order valence-electron chi connectivity index (χ1n) is 10.6. The Morgan fingerprint density at radius 2 is 1.97 bits per heavy atom. The molecule has 0 spiro atoms. The number of benzene rings is 2. The first-order valence-corrected chi connectivity index (χ1v) is 10.6. The van der Waals surface area contributed by atoms with E-state index < -0.39 is 0 Å². The number of fused-ring (bicyclic) bond motifs is 1. The number of ether oxygens (including phenoxy) is 1. The number of hydrogen-bond acceptors (Lipinski definition) is 6. The molecule has 0 fully saturated rings. The van der Waals surface area contributed by atoms with Crippen molar-refractivity contribution in [2.24, 2.45) is 0 Å². The Morgan fingerprint density at radius 3 is 2.78 bits per heavy atom. The molecule has 0 bridgehead atoms. The molecule has 4 rings (SSSR count). The summed E-state index contributed by atoms with van der Waals surface area (Å²) < 4.78 is 25.7. The number of anilines is 1. The highest BCUT2D eigenvalue weighted by Gasteiger charge is 2.15. The van der Waals surface area contributed by atoms with Gasteiger partial charge in [0.05, 0.1) is 11.0 Å². The van der Waals surface area contributed by atoms with E-state index in [1.165, 1.54) is 12.1 Å². The van der Waals surface area contributed by atoms with E-state index in [2.05, 4.69) is 20.4 Å². The second-order valence-electron chi connectivity index (χ2n) is 7.19. The summed E-state index contributed by atoms with van der Waals surface area (Å²) in [5, 5.41) is 6.80. The maximum absolute atomic E-state index is 13.1. The van der Waals surface area contributed by atoms with Gasteiger partial charge >= 0.3 is 0 Å². The van der Waals surface area contributed by atoms with Gasteiger partial charge < -0.3 is 13.8 Å². The van der Waals surface area contributed by atoms with Crippen LogP contribution in [0.1, 0.15) is 25.7 Å². The molecule has 2 heterocycles. The Hall–Kier alpha value is -3.59. The van der Waals surface area contributed by atoms with Crippen molar-refractivity contribution in [3.05, 3.63) is 60.2 Å². The van der Waals surface area contributed by atoms with Gasteiger partial charge in [-0.25, -0.2) is 9.37 Å². The van der Waals surface area contributed by atoms with Gasteiger partial charge in [0.15, 0.2) is 0 Å². The number of imidazole rings is 1. The average Bonchev–Trinajstić information content (AvgIpc) is 3.41. The van der Waals surface area contributed by atoms with Gasteiger partial charge in [-0.05, 0) is 49.7 Å². The Labute approximate surface area is 184 Å². The zero-order valence-corrected chi connectivity index (χ0v) is 17.8. The average molecular weight is 437 g/mol. The predicted molar refractivity (Wildman–Crippen MR) is 117 cm³/mol. The van der Waals surface area contributed by atoms with Crippen LogP contribution in [-0.4, -0.2) is 38.8 Å². The molecule has 32 heavy (non-hydrogen) atoms. The van der Waals surface area contributed by atoms with Gasteiger partial charge in [-0.2, -0.15) is 4.98 Å². The van der Waals surface area contributed by atoms with Crippen molar-refractivity contribution in [3.63, 3.8) is 0 Å². The fraction of sp³-hybridized carbons (Fsp3) is 0.304. The van der Waals surface area contributed by atoms with Crippen molar-refractivity contribution < 1.29 is 18.4 Å². The van der Waals surface area contributed by atoms with Gasteiger partial charge in [0, 0.05) is 38.2 Å². The van der Waals surface area contributed by atoms with Crippen molar-refractivity contribution in [2.75, 3.05) is 18.5 Å². The summed E-state index contributed by atoms with van der Waals surface area (Å²) in [5.41, 5.74) is 2.42. The number of para-hydroxylation sites is 2. The Morgan fingerprint density at radius 1 is 1.16 bits per heavy atom. The van der Waals surface area contributed by atoms with E-state index in [9.17, 15) is 9.18 Å². The molecular weight excluding hydrogens is 413 g/mol. The van der Waals surface area contributed by atoms with Crippen molar-refractivity contribution in [3.8, 4) is 11.4 Å². The number of nitrogens with one attached hydrogen (secondary N) is 1. The maximum Gasteiger partial charge on any atom is 0.227 e. The number of hydrogen-bond donors (Lipinski definition) is 1. The third kappa shape index (κ3) is 5.17. The van der Waals surface area contributed by atoms with E-state index >= 15 is 0 Å². The number of rotatable bonds is 10. The van der Waals surface area contributed by atoms with Gasteiger partial charge in [-0.1, -0.05) is 17.3 Å². The van der Waals surface area contributed by atoms with Crippen molar-refractivity contribution in [1.82, 2.24) is 19.7 Å². The summed E-state index contributed by atoms with van der Waals surface area (Å²) >= 11 is 0. The maximum atomic E-state index is 13.1. The van der Waals surface area contributed by atoms with Crippen LogP contribution in [0.3, 0.4) is 0 Å². The number of carbonyl (C=O) groups excluding carboxylic acids is 1. The standard InChI is InChI=1S/C23H24FN5O3/c1-2-31-15-5-14-29-19-7-4-3-6-18(19)25-23(29)26-20(30)12-13-21-27-22(28-32-21)16-8-10-17(24)11-9-16/h3-4,6-11H,2,5,12-15H2,1H3,(H,25,26,30). The monoisotopic (exact) mass is 437 g/mol. The molecule has 0 aliphatic heterocycles. The minimum atomic E-state index is -0.335. The first kappa shape index (κ1) is 21.6. The molecule has 166 valence electrons. The van der Waals surface area contributed by atoms with Crippen LogP contribution in [0.2, 0.25) is 0 Å². The lowest BCUT2D eigenvalue weighted by molar-refractivity contribution is -0.116. The SMILES string of the molecule is CCOCCCn1c(NC(=O)CCc2nc(-c3ccc(F)cc3)no2)nc2ccccc21. The van der Waals surface area contributed by atoms with E-state index in [4.69, 9.17) is 9.26 Å². The van der Waals surface area contributed by atoms with Crippen molar-refractivity contribution >= 4 is 22.9 Å². The Balaban J connectivity index is 1.39. The molecule has 1 N–H and O–H groups in total. The smallest absolute Gasteiger partial charge is 0.227 e. The van der Waals surface area contributed by atoms with Crippen LogP contribution in [0.5, 0.6) is 0 Å². The van der Waals surface area contributed by atoms with E-state index in [0.717, 1.165) is 17.5 Å². The summed E-state index contributed by atoms with van der Waals surface area (Å²) in [5.74, 6) is 0.664. The van der Waals surface area contributed by atoms with E-state index in [-0.39, 0.29) is 24.6 Å². The molecule has 1 amide bonds. The molecule has 9 heteroatoms. The zero-order valence-electron chi connectivity index (χ0n) is 17.8. The van der Waals surface area contributed by atoms with Crippen LogP contribution in [0.25, 0.3) is 22.4 Å². The molecule has 8 nitrogen and oxygen atoms in total. The number of carbonyl (C=O) groups is 1. The van der Waals surface area contributed by atoms with Gasteiger partial charge in [0.1, 0.15) is 5.82 Å². The topological polar surface area (TPSA) is 95.1 Å². The van der Waals surface area contributed by atoms with Gasteiger partial charge in [-0.15, -0.1) is 0 Å². The third-order valence-electron chi connectivity index (χ3n) is 4.92. The predicted octanol–water partition coefficient (Wildman–Crippen LogP) is 4.22. The minimum absolute atomic E-state index is 0.160. The first-order chi connectivity index (χ1) is 15.6. The Kier molecular flexibility index (Phi) is 6.86. The number of halogens is 1. The van der Waals surface area contributed by atoms with Crippen molar-refractivity contribution in [1.29, 1.82) is 0 Å². The third-order valence-corrected chi connectivity index (χ3v) is 4.92. The molecule has 0 saturated carbocycles. The summed E-state index contributed by atoms with van der Waals surface area (Å²) in [4.78, 5) is 21.4. The van der Waals surface area contributed by atoms with Gasteiger partial charge in [0.2, 0.25) is 23.6 Å². The van der Waals surface area contributed by atoms with Crippen LogP contribution in [-0.2, 0) is 22.5 Å². The highest BCUT2D eigenvalue weighted by atomic mass is 19.1. The van der Waals surface area contributed by atoms with E-state index in [1.807, 2.05) is 35.8 Å². The molecule has 2 aromatic heterocycles. The van der Waals surface area contributed by atoms with E-state index in [0.29, 0.717) is 43.0 Å². The molecule has 0 atom stereocenters. The molecule has 0 saturated heterocycles. The van der Waals surface area contributed by atoms with Crippen LogP contribution >= 0.6 is 0 Å². The van der Waals surface area contributed by atoms with Crippen molar-refractivity contribution in [2.45, 2.75) is 32.7 Å². The van der Waals surface area contributed by atoms with Gasteiger partial charge in [-0.3, -0.25) is 10.1 Å². The second kappa shape index (κ2) is 10.1. The number of amides is 1. The summed E-state index contributed by atoms with van der Waals surface area (Å²) in [6, 6.07) is 13.6. The van der Waals surface area contributed by atoms with Crippen LogP contribution < -0.4 is 5.32 Å². The molecule has 0 radical (unpaired) electrons. The summed E-state index contributed by atoms with van der Waals surface area (Å²) in [6.45, 7) is 3.96. The highest BCUT2D eigenvalue weighted by molar-refractivity contribution is 5.91. The van der Waals surface area contributed by atoms with Crippen LogP contribution in [0, 0.1) is 5.82 Å². The number of aromatic nitrogens is 4. The quantitative estimate of drug-likeness (QED) is 0.373. The highest BCUT2D eigenvalue weighted by Crippen LogP contribution is 2.21. The molecular formula is C23H24FN5O3. The summed E-state index contributed by atoms with van der Waals surface area (Å²) in [6.07, 6.45) is 1.25. The second-order valence-corrected chi connectivity index (χ2v) is 7.19. The molecule has 0 aliphatic rings. The van der Waals surface area contributed by atoms with Crippen LogP contribution in [0.4, 0.5) is 10.3 Å². The fourth-order valence-electron chi connectivity index (χ4n) is 3.35. The lowest BCUT2D eigenvalue weighted by Crippen LogP contribution is -2.17. The molecule has 2 aromatic carbocycles. The minimum Gasteiger partial charge on any atom is -0.382 e. The summed E-state index contributed by atoms with van der Waals surface area (Å²) in [7, 11) is 0. The lowest BCUT2D eigenvalue weighted by atomic mass is 10.2. The zero-order chi connectivity index (χ0) is 22.3. The Bertz CT molecular complexity index is 1190. The van der Waals surface area contributed by atoms with E-state index in [1.54, 1.807) is 12.1 Å². The lowest BCUT2D eigenvalue weighted by Gasteiger charge is -2.10. The normalized spacial score (nSPS) is 11.2.